The van der Waals surface area contributed by atoms with E-state index in [0.717, 1.165) is 13.0 Å². The zero-order valence-corrected chi connectivity index (χ0v) is 9.03. The van der Waals surface area contributed by atoms with Crippen molar-refractivity contribution in [3.05, 3.63) is 24.0 Å². The predicted molar refractivity (Wildman–Crippen MR) is 58.2 cm³/mol. The van der Waals surface area contributed by atoms with Crippen LogP contribution in [0.3, 0.4) is 0 Å². The van der Waals surface area contributed by atoms with Gasteiger partial charge in [0.05, 0.1) is 6.61 Å². The molecule has 0 bridgehead atoms. The average Bonchev–Trinajstić information content (AvgIpc) is 2.63. The van der Waals surface area contributed by atoms with Gasteiger partial charge in [-0.1, -0.05) is 13.8 Å². The normalized spacial score (nSPS) is 13.1. The molecule has 2 N–H and O–H groups in total. The van der Waals surface area contributed by atoms with Gasteiger partial charge in [-0.3, -0.25) is 0 Å². The summed E-state index contributed by atoms with van der Waals surface area (Å²) in [5, 5.41) is 12.2. The number of hydrogen-bond donors (Lipinski definition) is 2. The summed E-state index contributed by atoms with van der Waals surface area (Å²) in [6.45, 7) is 6.17. The second kappa shape index (κ2) is 5.83. The highest BCUT2D eigenvalue weighted by molar-refractivity contribution is 5.15. The minimum atomic E-state index is 0.201. The van der Waals surface area contributed by atoms with Crippen LogP contribution in [0.15, 0.2) is 18.5 Å². The van der Waals surface area contributed by atoms with Crippen LogP contribution in [-0.2, 0) is 6.54 Å². The second-order valence-corrected chi connectivity index (χ2v) is 3.42. The van der Waals surface area contributed by atoms with Crippen molar-refractivity contribution >= 4 is 0 Å². The summed E-state index contributed by atoms with van der Waals surface area (Å²) < 4.78 is 2.02. The molecule has 0 aliphatic carbocycles. The summed E-state index contributed by atoms with van der Waals surface area (Å²) in [5.41, 5.74) is 1.31. The largest absolute Gasteiger partial charge is 0.395 e. The molecule has 1 atom stereocenters. The van der Waals surface area contributed by atoms with Crippen molar-refractivity contribution in [1.29, 1.82) is 0 Å². The van der Waals surface area contributed by atoms with Crippen molar-refractivity contribution in [1.82, 2.24) is 9.88 Å². The van der Waals surface area contributed by atoms with Crippen LogP contribution in [0, 0.1) is 0 Å². The van der Waals surface area contributed by atoms with Gasteiger partial charge in [0.25, 0.3) is 0 Å². The van der Waals surface area contributed by atoms with Crippen LogP contribution in [-0.4, -0.2) is 22.8 Å². The van der Waals surface area contributed by atoms with Crippen LogP contribution in [0.5, 0.6) is 0 Å². The number of rotatable bonds is 6. The molecule has 14 heavy (non-hydrogen) atoms. The molecule has 1 heterocycles. The first-order valence-electron chi connectivity index (χ1n) is 5.31. The fraction of sp³-hybridized carbons (Fsp3) is 0.636. The van der Waals surface area contributed by atoms with Gasteiger partial charge in [-0.15, -0.1) is 0 Å². The summed E-state index contributed by atoms with van der Waals surface area (Å²) in [5.74, 6) is 0. The van der Waals surface area contributed by atoms with Gasteiger partial charge in [0, 0.05) is 25.0 Å². The van der Waals surface area contributed by atoms with Gasteiger partial charge in [-0.05, 0) is 24.6 Å². The minimum Gasteiger partial charge on any atom is -0.395 e. The molecule has 0 aliphatic heterocycles. The van der Waals surface area contributed by atoms with E-state index in [1.165, 1.54) is 5.56 Å². The number of nitrogens with zero attached hydrogens (tertiary/aromatic N) is 1. The molecule has 0 fully saturated rings. The van der Waals surface area contributed by atoms with E-state index >= 15 is 0 Å². The summed E-state index contributed by atoms with van der Waals surface area (Å²) in [7, 11) is 0. The van der Waals surface area contributed by atoms with E-state index in [2.05, 4.69) is 31.4 Å². The molecule has 1 aromatic rings. The van der Waals surface area contributed by atoms with Gasteiger partial charge in [0.1, 0.15) is 0 Å². The highest BCUT2D eigenvalue weighted by Gasteiger charge is 2.08. The monoisotopic (exact) mass is 196 g/mol. The lowest BCUT2D eigenvalue weighted by atomic mass is 10.1. The van der Waals surface area contributed by atoms with Gasteiger partial charge in [0.15, 0.2) is 0 Å². The first-order valence-corrected chi connectivity index (χ1v) is 5.31. The van der Waals surface area contributed by atoms with Gasteiger partial charge >= 0.3 is 0 Å². The highest BCUT2D eigenvalue weighted by atomic mass is 16.3. The number of aromatic nitrogens is 1. The Bertz CT molecular complexity index is 258. The summed E-state index contributed by atoms with van der Waals surface area (Å²) in [6.07, 6.45) is 5.22. The minimum absolute atomic E-state index is 0.201. The van der Waals surface area contributed by atoms with Crippen molar-refractivity contribution in [3.8, 4) is 0 Å². The molecular weight excluding hydrogens is 176 g/mol. The molecule has 0 radical (unpaired) electrons. The number of nitrogens with one attached hydrogen (secondary N) is 1. The van der Waals surface area contributed by atoms with Crippen LogP contribution < -0.4 is 5.32 Å². The van der Waals surface area contributed by atoms with Gasteiger partial charge < -0.3 is 15.0 Å². The smallest absolute Gasteiger partial charge is 0.0610 e. The third kappa shape index (κ3) is 2.86. The Morgan fingerprint density at radius 2 is 2.29 bits per heavy atom. The van der Waals surface area contributed by atoms with Crippen molar-refractivity contribution in [2.45, 2.75) is 32.9 Å². The predicted octanol–water partition coefficient (Wildman–Crippen LogP) is 1.54. The molecule has 3 nitrogen and oxygen atoms in total. The molecule has 3 heteroatoms. The number of aliphatic hydroxyl groups is 1. The molecule has 0 saturated heterocycles. The van der Waals surface area contributed by atoms with E-state index in [0.29, 0.717) is 12.6 Å². The van der Waals surface area contributed by atoms with Crippen molar-refractivity contribution in [2.24, 2.45) is 0 Å². The topological polar surface area (TPSA) is 37.2 Å². The maximum absolute atomic E-state index is 8.79. The number of aliphatic hydroxyl groups excluding tert-OH is 1. The maximum atomic E-state index is 8.79. The standard InChI is InChI=1S/C11H20N2O/c1-3-11(12-4-2)10-5-6-13(9-10)7-8-14/h5-6,9,11-12,14H,3-4,7-8H2,1-2H3. The molecule has 0 amide bonds. The van der Waals surface area contributed by atoms with Crippen LogP contribution in [0.1, 0.15) is 31.9 Å². The number of hydrogen-bond acceptors (Lipinski definition) is 2. The van der Waals surface area contributed by atoms with Crippen LogP contribution >= 0.6 is 0 Å². The molecular formula is C11H20N2O. The molecule has 0 aromatic carbocycles. The molecule has 80 valence electrons. The Morgan fingerprint density at radius 3 is 2.86 bits per heavy atom. The second-order valence-electron chi connectivity index (χ2n) is 3.42. The summed E-state index contributed by atoms with van der Waals surface area (Å²) >= 11 is 0. The Kier molecular flexibility index (Phi) is 4.70. The van der Waals surface area contributed by atoms with Gasteiger partial charge in [-0.25, -0.2) is 0 Å². The van der Waals surface area contributed by atoms with Crippen LogP contribution in [0.2, 0.25) is 0 Å². The third-order valence-electron chi connectivity index (χ3n) is 2.39. The first kappa shape index (κ1) is 11.3. The summed E-state index contributed by atoms with van der Waals surface area (Å²) in [4.78, 5) is 0. The third-order valence-corrected chi connectivity index (χ3v) is 2.39. The Balaban J connectivity index is 2.63. The van der Waals surface area contributed by atoms with E-state index in [1.54, 1.807) is 0 Å². The fourth-order valence-electron chi connectivity index (χ4n) is 1.66. The van der Waals surface area contributed by atoms with Gasteiger partial charge in [-0.2, -0.15) is 0 Å². The molecule has 1 unspecified atom stereocenters. The summed E-state index contributed by atoms with van der Waals surface area (Å²) in [6, 6.07) is 2.56. The van der Waals surface area contributed by atoms with Crippen LogP contribution in [0.25, 0.3) is 0 Å². The van der Waals surface area contributed by atoms with E-state index in [4.69, 9.17) is 5.11 Å². The molecule has 0 aliphatic rings. The fourth-order valence-corrected chi connectivity index (χ4v) is 1.66. The Hall–Kier alpha value is -0.800. The van der Waals surface area contributed by atoms with E-state index in [9.17, 15) is 0 Å². The maximum Gasteiger partial charge on any atom is 0.0610 e. The van der Waals surface area contributed by atoms with Crippen molar-refractivity contribution in [3.63, 3.8) is 0 Å². The lowest BCUT2D eigenvalue weighted by Gasteiger charge is -2.13. The molecule has 0 saturated carbocycles. The molecule has 1 rings (SSSR count). The lowest BCUT2D eigenvalue weighted by molar-refractivity contribution is 0.276. The SMILES string of the molecule is CCNC(CC)c1ccn(CCO)c1. The van der Waals surface area contributed by atoms with Gasteiger partial charge in [0.2, 0.25) is 0 Å². The molecule has 1 aromatic heterocycles. The first-order chi connectivity index (χ1) is 6.81. The van der Waals surface area contributed by atoms with E-state index in [1.807, 2.05) is 10.8 Å². The lowest BCUT2D eigenvalue weighted by Crippen LogP contribution is -2.19. The zero-order valence-electron chi connectivity index (χ0n) is 9.03. The Morgan fingerprint density at radius 1 is 1.50 bits per heavy atom. The van der Waals surface area contributed by atoms with Crippen LogP contribution in [0.4, 0.5) is 0 Å². The van der Waals surface area contributed by atoms with E-state index in [-0.39, 0.29) is 6.61 Å². The Labute approximate surface area is 85.7 Å². The average molecular weight is 196 g/mol. The van der Waals surface area contributed by atoms with E-state index < -0.39 is 0 Å². The zero-order chi connectivity index (χ0) is 10.4. The van der Waals surface area contributed by atoms with Crippen molar-refractivity contribution in [2.75, 3.05) is 13.2 Å². The van der Waals surface area contributed by atoms with Crippen molar-refractivity contribution < 1.29 is 5.11 Å². The molecule has 0 spiro atoms. The highest BCUT2D eigenvalue weighted by Crippen LogP contribution is 2.16. The quantitative estimate of drug-likeness (QED) is 0.724.